The predicted octanol–water partition coefficient (Wildman–Crippen LogP) is 3.09. The summed E-state index contributed by atoms with van der Waals surface area (Å²) in [6.07, 6.45) is 2.84. The zero-order chi connectivity index (χ0) is 14.0. The quantitative estimate of drug-likeness (QED) is 0.894. The van der Waals surface area contributed by atoms with Crippen LogP contribution in [-0.2, 0) is 5.75 Å². The Kier molecular flexibility index (Phi) is 4.93. The summed E-state index contributed by atoms with van der Waals surface area (Å²) in [5.41, 5.74) is 11.4. The molecular formula is C16H25NOS. The minimum absolute atomic E-state index is 0.0357. The first-order chi connectivity index (χ1) is 8.99. The Morgan fingerprint density at radius 1 is 1.21 bits per heavy atom. The minimum Gasteiger partial charge on any atom is -0.390 e. The predicted molar refractivity (Wildman–Crippen MR) is 83.6 cm³/mol. The van der Waals surface area contributed by atoms with Crippen LogP contribution in [0.4, 0.5) is 0 Å². The Labute approximate surface area is 120 Å². The van der Waals surface area contributed by atoms with Crippen LogP contribution in [-0.4, -0.2) is 22.5 Å². The van der Waals surface area contributed by atoms with Crippen LogP contribution in [0.5, 0.6) is 0 Å². The van der Waals surface area contributed by atoms with E-state index in [-0.39, 0.29) is 12.1 Å². The number of thioether (sulfide) groups is 1. The standard InChI is InChI=1S/C16H25NOS/c1-10-7-11(2)13(12(3)8-10)9-19-15-6-4-5-14(17)16(15)18/h7-8,14-16,18H,4-6,9,17H2,1-3H3/t14-,15-,16-/m1/s1. The first-order valence-electron chi connectivity index (χ1n) is 7.11. The fourth-order valence-electron chi connectivity index (χ4n) is 2.98. The summed E-state index contributed by atoms with van der Waals surface area (Å²) in [6.45, 7) is 6.50. The van der Waals surface area contributed by atoms with E-state index in [2.05, 4.69) is 32.9 Å². The summed E-state index contributed by atoms with van der Waals surface area (Å²) in [5, 5.41) is 10.4. The van der Waals surface area contributed by atoms with Crippen LogP contribution in [0.1, 0.15) is 41.5 Å². The van der Waals surface area contributed by atoms with Crippen LogP contribution < -0.4 is 5.73 Å². The van der Waals surface area contributed by atoms with E-state index in [0.29, 0.717) is 5.25 Å². The Morgan fingerprint density at radius 2 is 1.84 bits per heavy atom. The lowest BCUT2D eigenvalue weighted by molar-refractivity contribution is 0.115. The SMILES string of the molecule is Cc1cc(C)c(CS[C@@H]2CCC[C@@H](N)[C@H]2O)c(C)c1. The van der Waals surface area contributed by atoms with Gasteiger partial charge in [0.25, 0.3) is 0 Å². The van der Waals surface area contributed by atoms with Crippen molar-refractivity contribution in [3.8, 4) is 0 Å². The van der Waals surface area contributed by atoms with Gasteiger partial charge in [-0.25, -0.2) is 0 Å². The van der Waals surface area contributed by atoms with Crippen molar-refractivity contribution in [2.45, 2.75) is 63.2 Å². The highest BCUT2D eigenvalue weighted by atomic mass is 32.2. The van der Waals surface area contributed by atoms with Crippen LogP contribution in [0.25, 0.3) is 0 Å². The van der Waals surface area contributed by atoms with Crippen LogP contribution in [0, 0.1) is 20.8 Å². The molecule has 0 amide bonds. The molecule has 0 unspecified atom stereocenters. The second-order valence-electron chi connectivity index (χ2n) is 5.81. The molecule has 0 heterocycles. The van der Waals surface area contributed by atoms with Gasteiger partial charge in [-0.1, -0.05) is 24.1 Å². The molecule has 3 heteroatoms. The monoisotopic (exact) mass is 279 g/mol. The molecular weight excluding hydrogens is 254 g/mol. The fraction of sp³-hybridized carbons (Fsp3) is 0.625. The lowest BCUT2D eigenvalue weighted by Crippen LogP contribution is -2.44. The molecule has 0 aromatic heterocycles. The molecule has 0 bridgehead atoms. The van der Waals surface area contributed by atoms with Gasteiger partial charge in [0.2, 0.25) is 0 Å². The van der Waals surface area contributed by atoms with Crippen molar-refractivity contribution in [3.05, 3.63) is 34.4 Å². The molecule has 19 heavy (non-hydrogen) atoms. The average molecular weight is 279 g/mol. The van der Waals surface area contributed by atoms with Gasteiger partial charge < -0.3 is 10.8 Å². The van der Waals surface area contributed by atoms with Gasteiger partial charge in [-0.2, -0.15) is 11.8 Å². The Bertz CT molecular complexity index is 423. The normalized spacial score (nSPS) is 27.5. The topological polar surface area (TPSA) is 46.2 Å². The van der Waals surface area contributed by atoms with Gasteiger partial charge in [-0.15, -0.1) is 0 Å². The first kappa shape index (κ1) is 14.9. The molecule has 0 aliphatic heterocycles. The molecule has 2 nitrogen and oxygen atoms in total. The van der Waals surface area contributed by atoms with Crippen molar-refractivity contribution in [2.24, 2.45) is 5.73 Å². The van der Waals surface area contributed by atoms with E-state index in [0.717, 1.165) is 25.0 Å². The molecule has 0 spiro atoms. The third-order valence-corrected chi connectivity index (χ3v) is 5.53. The molecule has 3 N–H and O–H groups in total. The van der Waals surface area contributed by atoms with E-state index >= 15 is 0 Å². The molecule has 2 rings (SSSR count). The van der Waals surface area contributed by atoms with Crippen molar-refractivity contribution in [1.82, 2.24) is 0 Å². The van der Waals surface area contributed by atoms with Crippen molar-refractivity contribution < 1.29 is 5.11 Å². The molecule has 0 saturated heterocycles. The van der Waals surface area contributed by atoms with Crippen LogP contribution in [0.15, 0.2) is 12.1 Å². The Morgan fingerprint density at radius 3 is 2.47 bits per heavy atom. The van der Waals surface area contributed by atoms with Gasteiger partial charge in [0.05, 0.1) is 6.10 Å². The molecule has 106 valence electrons. The maximum atomic E-state index is 10.2. The van der Waals surface area contributed by atoms with Gasteiger partial charge in [0, 0.05) is 17.0 Å². The smallest absolute Gasteiger partial charge is 0.0809 e. The lowest BCUT2D eigenvalue weighted by atomic mass is 9.93. The number of hydrogen-bond acceptors (Lipinski definition) is 3. The second kappa shape index (κ2) is 6.29. The van der Waals surface area contributed by atoms with E-state index < -0.39 is 0 Å². The molecule has 3 atom stereocenters. The van der Waals surface area contributed by atoms with Crippen LogP contribution >= 0.6 is 11.8 Å². The molecule has 1 saturated carbocycles. The zero-order valence-electron chi connectivity index (χ0n) is 12.1. The summed E-state index contributed by atoms with van der Waals surface area (Å²) in [6, 6.07) is 4.45. The van der Waals surface area contributed by atoms with Crippen LogP contribution in [0.3, 0.4) is 0 Å². The van der Waals surface area contributed by atoms with Gasteiger partial charge in [0.1, 0.15) is 0 Å². The third kappa shape index (κ3) is 3.53. The Hall–Kier alpha value is -0.510. The molecule has 1 aliphatic rings. The maximum absolute atomic E-state index is 10.2. The van der Waals surface area contributed by atoms with Crippen molar-refractivity contribution in [3.63, 3.8) is 0 Å². The maximum Gasteiger partial charge on any atom is 0.0809 e. The molecule has 1 aromatic carbocycles. The lowest BCUT2D eigenvalue weighted by Gasteiger charge is -2.32. The van der Waals surface area contributed by atoms with E-state index in [9.17, 15) is 5.11 Å². The second-order valence-corrected chi connectivity index (χ2v) is 7.04. The Balaban J connectivity index is 2.02. The van der Waals surface area contributed by atoms with Crippen molar-refractivity contribution in [1.29, 1.82) is 0 Å². The average Bonchev–Trinajstić information content (AvgIpc) is 2.33. The zero-order valence-corrected chi connectivity index (χ0v) is 13.0. The highest BCUT2D eigenvalue weighted by Crippen LogP contribution is 2.32. The summed E-state index contributed by atoms with van der Waals surface area (Å²) >= 11 is 1.87. The van der Waals surface area contributed by atoms with Gasteiger partial charge in [0.15, 0.2) is 0 Å². The molecule has 1 fully saturated rings. The summed E-state index contributed by atoms with van der Waals surface area (Å²) in [7, 11) is 0. The minimum atomic E-state index is -0.343. The largest absolute Gasteiger partial charge is 0.390 e. The van der Waals surface area contributed by atoms with Gasteiger partial charge in [-0.3, -0.25) is 0 Å². The number of aryl methyl sites for hydroxylation is 3. The van der Waals surface area contributed by atoms with Crippen molar-refractivity contribution >= 4 is 11.8 Å². The van der Waals surface area contributed by atoms with Crippen molar-refractivity contribution in [2.75, 3.05) is 0 Å². The van der Waals surface area contributed by atoms with E-state index in [4.69, 9.17) is 5.73 Å². The van der Waals surface area contributed by atoms with E-state index in [1.54, 1.807) is 0 Å². The summed E-state index contributed by atoms with van der Waals surface area (Å²) < 4.78 is 0. The van der Waals surface area contributed by atoms with Gasteiger partial charge in [-0.05, 0) is 50.3 Å². The third-order valence-electron chi connectivity index (χ3n) is 4.13. The fourth-order valence-corrected chi connectivity index (χ4v) is 4.55. The highest BCUT2D eigenvalue weighted by molar-refractivity contribution is 7.99. The molecule has 0 radical (unpaired) electrons. The summed E-state index contributed by atoms with van der Waals surface area (Å²) in [4.78, 5) is 0. The first-order valence-corrected chi connectivity index (χ1v) is 8.16. The van der Waals surface area contributed by atoms with Crippen LogP contribution in [0.2, 0.25) is 0 Å². The van der Waals surface area contributed by atoms with E-state index in [1.165, 1.54) is 22.3 Å². The molecule has 1 aliphatic carbocycles. The summed E-state index contributed by atoms with van der Waals surface area (Å²) in [5.74, 6) is 0.979. The number of nitrogens with two attached hydrogens (primary N) is 1. The van der Waals surface area contributed by atoms with Gasteiger partial charge >= 0.3 is 0 Å². The number of benzene rings is 1. The number of aliphatic hydroxyl groups is 1. The molecule has 1 aromatic rings. The van der Waals surface area contributed by atoms with E-state index in [1.807, 2.05) is 11.8 Å². The number of rotatable bonds is 3. The highest BCUT2D eigenvalue weighted by Gasteiger charge is 2.29. The number of hydrogen-bond donors (Lipinski definition) is 2. The number of aliphatic hydroxyl groups excluding tert-OH is 1.